The first kappa shape index (κ1) is 12.6. The van der Waals surface area contributed by atoms with Crippen LogP contribution in [0.3, 0.4) is 0 Å². The Bertz CT molecular complexity index is 440. The van der Waals surface area contributed by atoms with Crippen LogP contribution in [0.4, 0.5) is 0 Å². The van der Waals surface area contributed by atoms with Crippen molar-refractivity contribution in [2.75, 3.05) is 19.6 Å². The van der Waals surface area contributed by atoms with Crippen LogP contribution in [-0.2, 0) is 0 Å². The third-order valence-corrected chi connectivity index (χ3v) is 6.08. The monoisotopic (exact) mass is 328 g/mol. The number of fused-ring (bicyclic) bond motifs is 1. The van der Waals surface area contributed by atoms with Gasteiger partial charge in [0, 0.05) is 19.1 Å². The number of rotatable bonds is 1. The molecule has 0 aliphatic carbocycles. The molecule has 3 rings (SSSR count). The first-order valence-electron chi connectivity index (χ1n) is 6.44. The van der Waals surface area contributed by atoms with Gasteiger partial charge in [-0.2, -0.15) is 0 Å². The van der Waals surface area contributed by atoms with Crippen LogP contribution in [0.1, 0.15) is 28.1 Å². The van der Waals surface area contributed by atoms with Crippen LogP contribution >= 0.6 is 27.3 Å². The molecule has 98 valence electrons. The molecule has 2 atom stereocenters. The van der Waals surface area contributed by atoms with Crippen molar-refractivity contribution < 1.29 is 4.79 Å². The molecule has 1 amide bonds. The molecule has 2 saturated heterocycles. The average Bonchev–Trinajstić information content (AvgIpc) is 2.93. The van der Waals surface area contributed by atoms with Crippen LogP contribution in [0.15, 0.2) is 9.85 Å². The summed E-state index contributed by atoms with van der Waals surface area (Å²) in [4.78, 5) is 15.3. The van der Waals surface area contributed by atoms with E-state index in [9.17, 15) is 4.79 Å². The molecule has 0 radical (unpaired) electrons. The average molecular weight is 329 g/mol. The van der Waals surface area contributed by atoms with Gasteiger partial charge in [-0.1, -0.05) is 0 Å². The van der Waals surface area contributed by atoms with Crippen LogP contribution in [0, 0.1) is 12.8 Å². The zero-order chi connectivity index (χ0) is 12.7. The van der Waals surface area contributed by atoms with E-state index in [1.54, 1.807) is 11.3 Å². The predicted molar refractivity (Wildman–Crippen MR) is 77.2 cm³/mol. The second kappa shape index (κ2) is 4.94. The number of carbonyl (C=O) groups excluding carboxylic acids is 1. The van der Waals surface area contributed by atoms with Gasteiger partial charge in [0.15, 0.2) is 0 Å². The van der Waals surface area contributed by atoms with Gasteiger partial charge < -0.3 is 10.2 Å². The Morgan fingerprint density at radius 3 is 3.06 bits per heavy atom. The Hall–Kier alpha value is -0.390. The summed E-state index contributed by atoms with van der Waals surface area (Å²) in [5.41, 5.74) is 1.15. The van der Waals surface area contributed by atoms with Crippen LogP contribution < -0.4 is 5.32 Å². The Balaban J connectivity index is 1.74. The molecule has 0 spiro atoms. The highest BCUT2D eigenvalue weighted by atomic mass is 79.9. The van der Waals surface area contributed by atoms with Gasteiger partial charge in [-0.05, 0) is 59.8 Å². The normalized spacial score (nSPS) is 27.3. The molecule has 5 heteroatoms. The van der Waals surface area contributed by atoms with E-state index in [1.165, 1.54) is 12.8 Å². The first-order chi connectivity index (χ1) is 8.65. The van der Waals surface area contributed by atoms with Crippen LogP contribution in [0.2, 0.25) is 0 Å². The fraction of sp³-hybridized carbons (Fsp3) is 0.615. The van der Waals surface area contributed by atoms with Gasteiger partial charge >= 0.3 is 0 Å². The van der Waals surface area contributed by atoms with Gasteiger partial charge in [0.25, 0.3) is 5.91 Å². The molecule has 1 N–H and O–H groups in total. The van der Waals surface area contributed by atoms with Crippen LogP contribution in [-0.4, -0.2) is 36.5 Å². The third kappa shape index (κ3) is 2.24. The number of piperidine rings is 1. The van der Waals surface area contributed by atoms with Crippen LogP contribution in [0.5, 0.6) is 0 Å². The van der Waals surface area contributed by atoms with Gasteiger partial charge in [-0.3, -0.25) is 4.79 Å². The summed E-state index contributed by atoms with van der Waals surface area (Å²) in [7, 11) is 0. The summed E-state index contributed by atoms with van der Waals surface area (Å²) in [5.74, 6) is 0.859. The van der Waals surface area contributed by atoms with E-state index in [-0.39, 0.29) is 5.91 Å². The number of thiophene rings is 1. The zero-order valence-electron chi connectivity index (χ0n) is 10.4. The molecule has 0 saturated carbocycles. The highest BCUT2D eigenvalue weighted by molar-refractivity contribution is 9.11. The van der Waals surface area contributed by atoms with Crippen molar-refractivity contribution in [3.63, 3.8) is 0 Å². The fourth-order valence-corrected chi connectivity index (χ4v) is 4.44. The fourth-order valence-electron chi connectivity index (χ4n) is 2.93. The molecule has 18 heavy (non-hydrogen) atoms. The molecule has 0 aromatic carbocycles. The Labute approximate surface area is 120 Å². The minimum Gasteiger partial charge on any atom is -0.336 e. The molecular formula is C13H17BrN2OS. The smallest absolute Gasteiger partial charge is 0.264 e. The summed E-state index contributed by atoms with van der Waals surface area (Å²) >= 11 is 5.04. The largest absolute Gasteiger partial charge is 0.336 e. The van der Waals surface area contributed by atoms with E-state index in [1.807, 2.05) is 17.9 Å². The second-order valence-electron chi connectivity index (χ2n) is 5.24. The van der Waals surface area contributed by atoms with E-state index in [4.69, 9.17) is 0 Å². The van der Waals surface area contributed by atoms with Gasteiger partial charge in [-0.15, -0.1) is 11.3 Å². The van der Waals surface area contributed by atoms with Crippen molar-refractivity contribution in [3.8, 4) is 0 Å². The number of likely N-dealkylation sites (tertiary alicyclic amines) is 1. The van der Waals surface area contributed by atoms with Crippen molar-refractivity contribution in [2.24, 2.45) is 5.92 Å². The lowest BCUT2D eigenvalue weighted by Gasteiger charge is -2.24. The van der Waals surface area contributed by atoms with E-state index >= 15 is 0 Å². The molecule has 1 aromatic rings. The Morgan fingerprint density at radius 1 is 1.56 bits per heavy atom. The number of nitrogens with zero attached hydrogens (tertiary/aromatic N) is 1. The summed E-state index contributed by atoms with van der Waals surface area (Å²) < 4.78 is 1.07. The maximum Gasteiger partial charge on any atom is 0.264 e. The molecule has 3 nitrogen and oxygen atoms in total. The molecule has 0 bridgehead atoms. The maximum absolute atomic E-state index is 12.4. The van der Waals surface area contributed by atoms with Crippen molar-refractivity contribution in [1.29, 1.82) is 0 Å². The molecule has 3 heterocycles. The molecule has 2 fully saturated rings. The predicted octanol–water partition coefficient (Wildman–Crippen LogP) is 2.64. The highest BCUT2D eigenvalue weighted by Gasteiger charge is 2.36. The van der Waals surface area contributed by atoms with E-state index in [0.717, 1.165) is 33.9 Å². The van der Waals surface area contributed by atoms with Gasteiger partial charge in [0.05, 0.1) is 8.66 Å². The number of carbonyl (C=O) groups is 1. The molecule has 2 aliphatic heterocycles. The van der Waals surface area contributed by atoms with Crippen molar-refractivity contribution in [2.45, 2.75) is 25.8 Å². The lowest BCUT2D eigenvalue weighted by molar-refractivity contribution is 0.0790. The third-order valence-electron chi connectivity index (χ3n) is 3.95. The maximum atomic E-state index is 12.4. The summed E-state index contributed by atoms with van der Waals surface area (Å²) in [5, 5.41) is 3.53. The lowest BCUT2D eigenvalue weighted by Crippen LogP contribution is -2.41. The number of hydrogen-bond donors (Lipinski definition) is 1. The van der Waals surface area contributed by atoms with Crippen molar-refractivity contribution in [3.05, 3.63) is 20.3 Å². The summed E-state index contributed by atoms with van der Waals surface area (Å²) in [6, 6.07) is 2.51. The zero-order valence-corrected chi connectivity index (χ0v) is 12.8. The molecule has 1 aromatic heterocycles. The number of halogens is 1. The number of amides is 1. The number of aryl methyl sites for hydroxylation is 1. The van der Waals surface area contributed by atoms with E-state index in [0.29, 0.717) is 12.0 Å². The molecule has 2 aliphatic rings. The highest BCUT2D eigenvalue weighted by Crippen LogP contribution is 2.31. The van der Waals surface area contributed by atoms with Gasteiger partial charge in [0.2, 0.25) is 0 Å². The minimum atomic E-state index is 0.199. The second-order valence-corrected chi connectivity index (χ2v) is 7.61. The first-order valence-corrected chi connectivity index (χ1v) is 8.04. The van der Waals surface area contributed by atoms with E-state index < -0.39 is 0 Å². The topological polar surface area (TPSA) is 32.3 Å². The summed E-state index contributed by atoms with van der Waals surface area (Å²) in [6.07, 6.45) is 2.50. The van der Waals surface area contributed by atoms with Crippen molar-refractivity contribution >= 4 is 33.2 Å². The Kier molecular flexibility index (Phi) is 3.47. The quantitative estimate of drug-likeness (QED) is 0.859. The number of hydrogen-bond acceptors (Lipinski definition) is 3. The van der Waals surface area contributed by atoms with Gasteiger partial charge in [0.1, 0.15) is 0 Å². The molecular weight excluding hydrogens is 312 g/mol. The standard InChI is InChI=1S/C13H17BrN2OS/c1-8-5-11(18-12(8)14)13(17)16-6-9-3-2-4-15-10(9)7-16/h5,9-10,15H,2-4,6-7H2,1H3/t9-,10+/m0/s1. The molecule has 0 unspecified atom stereocenters. The minimum absolute atomic E-state index is 0.199. The summed E-state index contributed by atoms with van der Waals surface area (Å²) in [6.45, 7) is 4.93. The van der Waals surface area contributed by atoms with Crippen molar-refractivity contribution in [1.82, 2.24) is 10.2 Å². The van der Waals surface area contributed by atoms with Crippen LogP contribution in [0.25, 0.3) is 0 Å². The Morgan fingerprint density at radius 2 is 2.39 bits per heavy atom. The lowest BCUT2D eigenvalue weighted by atomic mass is 9.94. The van der Waals surface area contributed by atoms with E-state index in [2.05, 4.69) is 21.2 Å². The SMILES string of the molecule is Cc1cc(C(=O)N2C[C@@H]3CCCN[C@@H]3C2)sc1Br. The van der Waals surface area contributed by atoms with Gasteiger partial charge in [-0.25, -0.2) is 0 Å². The number of nitrogens with one attached hydrogen (secondary N) is 1.